The van der Waals surface area contributed by atoms with Crippen LogP contribution in [0.4, 0.5) is 0 Å². The smallest absolute Gasteiger partial charge is 0.0537 e. The number of rotatable bonds is 1. The molecule has 1 heteroatoms. The van der Waals surface area contributed by atoms with Crippen molar-refractivity contribution in [1.82, 2.24) is 4.57 Å². The first-order valence-corrected chi connectivity index (χ1v) is 7.61. The van der Waals surface area contributed by atoms with Gasteiger partial charge in [-0.25, -0.2) is 0 Å². The average Bonchev–Trinajstić information content (AvgIpc) is 2.82. The molecule has 0 saturated heterocycles. The zero-order valence-electron chi connectivity index (χ0n) is 12.6. The summed E-state index contributed by atoms with van der Waals surface area (Å²) in [4.78, 5) is 0. The van der Waals surface area contributed by atoms with Crippen LogP contribution in [0, 0.1) is 13.8 Å². The number of nitrogens with zero attached hydrogens (tertiary/aromatic N) is 1. The number of fused-ring (bicyclic) bond motifs is 3. The Morgan fingerprint density at radius 2 is 1.67 bits per heavy atom. The fourth-order valence-electron chi connectivity index (χ4n) is 3.32. The molecule has 0 bridgehead atoms. The Labute approximate surface area is 125 Å². The Morgan fingerprint density at radius 3 is 2.48 bits per heavy atom. The first kappa shape index (κ1) is 12.5. The third-order valence-electron chi connectivity index (χ3n) is 4.40. The van der Waals surface area contributed by atoms with E-state index in [1.165, 1.54) is 39.0 Å². The second-order valence-corrected chi connectivity index (χ2v) is 6.00. The van der Waals surface area contributed by atoms with Crippen LogP contribution in [-0.2, 0) is 6.42 Å². The summed E-state index contributed by atoms with van der Waals surface area (Å²) in [6.07, 6.45) is 6.87. The summed E-state index contributed by atoms with van der Waals surface area (Å²) in [5.74, 6) is 0. The summed E-state index contributed by atoms with van der Waals surface area (Å²) in [6, 6.07) is 15.6. The zero-order chi connectivity index (χ0) is 14.4. The normalized spacial score (nSPS) is 13.6. The largest absolute Gasteiger partial charge is 0.310 e. The molecule has 1 aliphatic carbocycles. The molecule has 0 atom stereocenters. The summed E-state index contributed by atoms with van der Waals surface area (Å²) >= 11 is 0. The lowest BCUT2D eigenvalue weighted by Crippen LogP contribution is -2.00. The van der Waals surface area contributed by atoms with Crippen LogP contribution in [0.5, 0.6) is 0 Å². The summed E-state index contributed by atoms with van der Waals surface area (Å²) in [7, 11) is 0. The van der Waals surface area contributed by atoms with Gasteiger partial charge in [-0.15, -0.1) is 0 Å². The van der Waals surface area contributed by atoms with E-state index in [9.17, 15) is 0 Å². The van der Waals surface area contributed by atoms with Gasteiger partial charge in [0.1, 0.15) is 0 Å². The van der Waals surface area contributed by atoms with Gasteiger partial charge >= 0.3 is 0 Å². The van der Waals surface area contributed by atoms with Gasteiger partial charge in [-0.3, -0.25) is 0 Å². The molecular weight excluding hydrogens is 254 g/mol. The number of aromatic nitrogens is 1. The maximum atomic E-state index is 2.40. The van der Waals surface area contributed by atoms with E-state index in [-0.39, 0.29) is 0 Å². The molecule has 0 aliphatic heterocycles. The third kappa shape index (κ3) is 1.92. The van der Waals surface area contributed by atoms with Crippen molar-refractivity contribution in [3.63, 3.8) is 0 Å². The van der Waals surface area contributed by atoms with Crippen molar-refractivity contribution in [2.75, 3.05) is 0 Å². The van der Waals surface area contributed by atoms with E-state index in [1.54, 1.807) is 0 Å². The number of hydrogen-bond acceptors (Lipinski definition) is 0. The fraction of sp³-hybridized carbons (Fsp3) is 0.200. The predicted octanol–water partition coefficient (Wildman–Crippen LogP) is 5.21. The van der Waals surface area contributed by atoms with E-state index in [0.717, 1.165) is 12.8 Å². The van der Waals surface area contributed by atoms with Crippen LogP contribution in [0.15, 0.2) is 48.5 Å². The van der Waals surface area contributed by atoms with Gasteiger partial charge in [0.25, 0.3) is 0 Å². The van der Waals surface area contributed by atoms with Crippen LogP contribution in [0.3, 0.4) is 0 Å². The highest BCUT2D eigenvalue weighted by atomic mass is 15.0. The first-order chi connectivity index (χ1) is 10.2. The van der Waals surface area contributed by atoms with Crippen LogP contribution in [0.2, 0.25) is 0 Å². The van der Waals surface area contributed by atoms with Gasteiger partial charge in [-0.2, -0.15) is 0 Å². The molecule has 0 radical (unpaired) electrons. The SMILES string of the molecule is Cc1ccc(-n2c3c(c4cc(C)ccc42)CCC=C3)cc1. The maximum absolute atomic E-state index is 2.40. The van der Waals surface area contributed by atoms with Gasteiger partial charge in [-0.1, -0.05) is 35.4 Å². The Morgan fingerprint density at radius 1 is 0.905 bits per heavy atom. The molecule has 0 saturated carbocycles. The van der Waals surface area contributed by atoms with Gasteiger partial charge < -0.3 is 4.57 Å². The Kier molecular flexibility index (Phi) is 2.75. The molecule has 1 nitrogen and oxygen atoms in total. The van der Waals surface area contributed by atoms with Crippen molar-refractivity contribution in [2.24, 2.45) is 0 Å². The number of allylic oxidation sites excluding steroid dienone is 1. The summed E-state index contributed by atoms with van der Waals surface area (Å²) in [5, 5.41) is 1.41. The second-order valence-electron chi connectivity index (χ2n) is 6.00. The average molecular weight is 273 g/mol. The predicted molar refractivity (Wildman–Crippen MR) is 90.1 cm³/mol. The van der Waals surface area contributed by atoms with E-state index >= 15 is 0 Å². The highest BCUT2D eigenvalue weighted by Crippen LogP contribution is 2.34. The molecule has 4 rings (SSSR count). The third-order valence-corrected chi connectivity index (χ3v) is 4.40. The van der Waals surface area contributed by atoms with E-state index in [1.807, 2.05) is 0 Å². The topological polar surface area (TPSA) is 4.93 Å². The van der Waals surface area contributed by atoms with E-state index in [0.29, 0.717) is 0 Å². The minimum Gasteiger partial charge on any atom is -0.310 e. The molecule has 0 amide bonds. The number of aryl methyl sites for hydroxylation is 3. The monoisotopic (exact) mass is 273 g/mol. The lowest BCUT2D eigenvalue weighted by Gasteiger charge is -2.12. The van der Waals surface area contributed by atoms with Crippen LogP contribution < -0.4 is 0 Å². The van der Waals surface area contributed by atoms with Gasteiger partial charge in [-0.05, 0) is 62.6 Å². The summed E-state index contributed by atoms with van der Waals surface area (Å²) in [5.41, 5.74) is 8.06. The molecular formula is C20H19N. The van der Waals surface area contributed by atoms with Crippen molar-refractivity contribution in [3.05, 3.63) is 70.9 Å². The molecule has 1 aromatic heterocycles. The molecule has 0 unspecified atom stereocenters. The van der Waals surface area contributed by atoms with Crippen molar-refractivity contribution in [2.45, 2.75) is 26.7 Å². The van der Waals surface area contributed by atoms with Crippen molar-refractivity contribution >= 4 is 17.0 Å². The Balaban J connectivity index is 2.08. The van der Waals surface area contributed by atoms with Gasteiger partial charge in [0.2, 0.25) is 0 Å². The van der Waals surface area contributed by atoms with Crippen molar-refractivity contribution < 1.29 is 0 Å². The zero-order valence-corrected chi connectivity index (χ0v) is 12.6. The lowest BCUT2D eigenvalue weighted by molar-refractivity contribution is 0.967. The van der Waals surface area contributed by atoms with Crippen LogP contribution in [0.25, 0.3) is 22.7 Å². The van der Waals surface area contributed by atoms with Gasteiger partial charge in [0, 0.05) is 16.8 Å². The minimum absolute atomic E-state index is 1.14. The quantitative estimate of drug-likeness (QED) is 0.574. The molecule has 1 heterocycles. The molecule has 104 valence electrons. The minimum atomic E-state index is 1.14. The fourth-order valence-corrected chi connectivity index (χ4v) is 3.32. The molecule has 3 aromatic rings. The van der Waals surface area contributed by atoms with Crippen molar-refractivity contribution in [3.8, 4) is 5.69 Å². The summed E-state index contributed by atoms with van der Waals surface area (Å²) in [6.45, 7) is 4.31. The Hall–Kier alpha value is -2.28. The molecule has 21 heavy (non-hydrogen) atoms. The van der Waals surface area contributed by atoms with Crippen LogP contribution >= 0.6 is 0 Å². The van der Waals surface area contributed by atoms with Gasteiger partial charge in [0.05, 0.1) is 5.52 Å². The molecule has 2 aromatic carbocycles. The van der Waals surface area contributed by atoms with E-state index in [4.69, 9.17) is 0 Å². The number of benzene rings is 2. The van der Waals surface area contributed by atoms with Crippen LogP contribution in [-0.4, -0.2) is 4.57 Å². The summed E-state index contributed by atoms with van der Waals surface area (Å²) < 4.78 is 2.40. The number of hydrogen-bond donors (Lipinski definition) is 0. The highest BCUT2D eigenvalue weighted by molar-refractivity contribution is 5.91. The van der Waals surface area contributed by atoms with E-state index in [2.05, 4.69) is 73.0 Å². The maximum Gasteiger partial charge on any atom is 0.0537 e. The van der Waals surface area contributed by atoms with Crippen molar-refractivity contribution in [1.29, 1.82) is 0 Å². The molecule has 1 aliphatic rings. The van der Waals surface area contributed by atoms with Crippen LogP contribution in [0.1, 0.15) is 28.8 Å². The molecule has 0 N–H and O–H groups in total. The standard InChI is InChI=1S/C20H19N/c1-14-7-10-16(11-8-14)21-19-6-4-3-5-17(19)18-13-15(2)9-12-20(18)21/h4,6-13H,3,5H2,1-2H3. The molecule has 0 spiro atoms. The first-order valence-electron chi connectivity index (χ1n) is 7.61. The Bertz CT molecular complexity index is 848. The highest BCUT2D eigenvalue weighted by Gasteiger charge is 2.18. The molecule has 0 fully saturated rings. The second kappa shape index (κ2) is 4.63. The van der Waals surface area contributed by atoms with Gasteiger partial charge in [0.15, 0.2) is 0 Å². The lowest BCUT2D eigenvalue weighted by atomic mass is 10.00. The van der Waals surface area contributed by atoms with E-state index < -0.39 is 0 Å².